The van der Waals surface area contributed by atoms with Crippen LogP contribution in [0.25, 0.3) is 0 Å². The summed E-state index contributed by atoms with van der Waals surface area (Å²) in [6, 6.07) is 8.55. The molecule has 2 rings (SSSR count). The maximum absolute atomic E-state index is 12.8. The topological polar surface area (TPSA) is 81.6 Å². The summed E-state index contributed by atoms with van der Waals surface area (Å²) in [6.07, 6.45) is 0.531. The van der Waals surface area contributed by atoms with E-state index in [1.165, 1.54) is 24.3 Å². The number of halogens is 1. The van der Waals surface area contributed by atoms with Crippen molar-refractivity contribution < 1.29 is 19.4 Å². The van der Waals surface area contributed by atoms with Crippen molar-refractivity contribution in [3.8, 4) is 11.5 Å². The first-order valence-corrected chi connectivity index (χ1v) is 7.23. The molecular weight excluding hydrogens is 299 g/mol. The Balaban J connectivity index is 1.76. The number of nitrogens with one attached hydrogen (secondary N) is 2. The van der Waals surface area contributed by atoms with E-state index < -0.39 is 0 Å². The van der Waals surface area contributed by atoms with E-state index in [1.807, 2.05) is 6.92 Å². The maximum atomic E-state index is 12.8. The van der Waals surface area contributed by atoms with Crippen molar-refractivity contribution in [1.82, 2.24) is 10.6 Å². The van der Waals surface area contributed by atoms with Crippen molar-refractivity contribution in [2.45, 2.75) is 19.9 Å². The highest BCUT2D eigenvalue weighted by molar-refractivity contribution is 5.73. The quantitative estimate of drug-likeness (QED) is 0.640. The number of hydrogen-bond donors (Lipinski definition) is 4. The van der Waals surface area contributed by atoms with Crippen LogP contribution in [0.15, 0.2) is 36.4 Å². The maximum Gasteiger partial charge on any atom is 0.315 e. The number of hydrogen-bond acceptors (Lipinski definition) is 3. The lowest BCUT2D eigenvalue weighted by Crippen LogP contribution is -2.36. The minimum absolute atomic E-state index is 0.156. The molecule has 23 heavy (non-hydrogen) atoms. The van der Waals surface area contributed by atoms with E-state index in [0.717, 1.165) is 16.7 Å². The molecular formula is C17H19FN2O3. The number of carbonyl (C=O) groups is 1. The second-order valence-electron chi connectivity index (χ2n) is 5.25. The SMILES string of the molecule is Cc1cc(O)c(O)cc1CCNC(=O)NCc1ccc(F)cc1. The van der Waals surface area contributed by atoms with Gasteiger partial charge in [0.2, 0.25) is 0 Å². The van der Waals surface area contributed by atoms with Crippen LogP contribution in [0.1, 0.15) is 16.7 Å². The van der Waals surface area contributed by atoms with Crippen LogP contribution in [0, 0.1) is 12.7 Å². The molecule has 0 saturated heterocycles. The molecule has 2 amide bonds. The largest absolute Gasteiger partial charge is 0.504 e. The minimum Gasteiger partial charge on any atom is -0.504 e. The van der Waals surface area contributed by atoms with Gasteiger partial charge in [-0.25, -0.2) is 9.18 Å². The van der Waals surface area contributed by atoms with Gasteiger partial charge < -0.3 is 20.8 Å². The lowest BCUT2D eigenvalue weighted by molar-refractivity contribution is 0.240. The average molecular weight is 318 g/mol. The van der Waals surface area contributed by atoms with Crippen molar-refractivity contribution >= 4 is 6.03 Å². The summed E-state index contributed by atoms with van der Waals surface area (Å²) in [5.41, 5.74) is 2.49. The summed E-state index contributed by atoms with van der Waals surface area (Å²) >= 11 is 0. The molecule has 122 valence electrons. The second-order valence-corrected chi connectivity index (χ2v) is 5.25. The molecule has 0 aliphatic rings. The summed E-state index contributed by atoms with van der Waals surface area (Å²) < 4.78 is 12.8. The standard InChI is InChI=1S/C17H19FN2O3/c1-11-8-15(21)16(22)9-13(11)6-7-19-17(23)20-10-12-2-4-14(18)5-3-12/h2-5,8-9,21-22H,6-7,10H2,1H3,(H2,19,20,23). The normalized spacial score (nSPS) is 10.3. The molecule has 0 heterocycles. The zero-order valence-corrected chi connectivity index (χ0v) is 12.8. The van der Waals surface area contributed by atoms with E-state index in [-0.39, 0.29) is 23.3 Å². The van der Waals surface area contributed by atoms with Crippen LogP contribution >= 0.6 is 0 Å². The molecule has 0 bridgehead atoms. The van der Waals surface area contributed by atoms with E-state index >= 15 is 0 Å². The van der Waals surface area contributed by atoms with Gasteiger partial charge in [-0.05, 0) is 54.3 Å². The van der Waals surface area contributed by atoms with Gasteiger partial charge in [0, 0.05) is 13.1 Å². The Hall–Kier alpha value is -2.76. The van der Waals surface area contributed by atoms with Crippen molar-refractivity contribution in [1.29, 1.82) is 0 Å². The number of phenolic OH excluding ortho intramolecular Hbond substituents is 2. The molecule has 0 aliphatic carbocycles. The van der Waals surface area contributed by atoms with Crippen LogP contribution in [-0.2, 0) is 13.0 Å². The second kappa shape index (κ2) is 7.49. The Bertz CT molecular complexity index is 687. The van der Waals surface area contributed by atoms with E-state index in [2.05, 4.69) is 10.6 Å². The molecule has 2 aromatic rings. The van der Waals surface area contributed by atoms with Gasteiger partial charge in [0.25, 0.3) is 0 Å². The number of rotatable bonds is 5. The Morgan fingerprint density at radius 3 is 2.43 bits per heavy atom. The molecule has 4 N–H and O–H groups in total. The zero-order chi connectivity index (χ0) is 16.8. The number of carbonyl (C=O) groups excluding carboxylic acids is 1. The Labute approximate surface area is 133 Å². The molecule has 0 radical (unpaired) electrons. The molecule has 0 saturated carbocycles. The molecule has 0 unspecified atom stereocenters. The smallest absolute Gasteiger partial charge is 0.315 e. The number of aryl methyl sites for hydroxylation is 1. The van der Waals surface area contributed by atoms with Gasteiger partial charge in [-0.15, -0.1) is 0 Å². The van der Waals surface area contributed by atoms with Crippen molar-refractivity contribution in [2.24, 2.45) is 0 Å². The van der Waals surface area contributed by atoms with Crippen LogP contribution in [0.2, 0.25) is 0 Å². The number of aromatic hydroxyl groups is 2. The van der Waals surface area contributed by atoms with E-state index in [0.29, 0.717) is 19.5 Å². The van der Waals surface area contributed by atoms with E-state index in [4.69, 9.17) is 0 Å². The monoisotopic (exact) mass is 318 g/mol. The number of phenols is 2. The van der Waals surface area contributed by atoms with Crippen LogP contribution in [0.5, 0.6) is 11.5 Å². The molecule has 2 aromatic carbocycles. The fourth-order valence-corrected chi connectivity index (χ4v) is 2.15. The molecule has 5 nitrogen and oxygen atoms in total. The first kappa shape index (κ1) is 16.6. The highest BCUT2D eigenvalue weighted by atomic mass is 19.1. The zero-order valence-electron chi connectivity index (χ0n) is 12.8. The minimum atomic E-state index is -0.324. The highest BCUT2D eigenvalue weighted by Crippen LogP contribution is 2.27. The molecule has 0 spiro atoms. The predicted molar refractivity (Wildman–Crippen MR) is 84.9 cm³/mol. The molecule has 0 fully saturated rings. The van der Waals surface area contributed by atoms with E-state index in [1.54, 1.807) is 12.1 Å². The summed E-state index contributed by atoms with van der Waals surface area (Å²) in [6.45, 7) is 2.52. The lowest BCUT2D eigenvalue weighted by atomic mass is 10.0. The van der Waals surface area contributed by atoms with Gasteiger partial charge in [0.1, 0.15) is 5.82 Å². The lowest BCUT2D eigenvalue weighted by Gasteiger charge is -2.10. The van der Waals surface area contributed by atoms with Gasteiger partial charge in [-0.1, -0.05) is 12.1 Å². The van der Waals surface area contributed by atoms with Crippen molar-refractivity contribution in [2.75, 3.05) is 6.54 Å². The average Bonchev–Trinajstić information content (AvgIpc) is 2.52. The first-order chi connectivity index (χ1) is 11.0. The van der Waals surface area contributed by atoms with Crippen molar-refractivity contribution in [3.05, 3.63) is 58.9 Å². The third-order valence-electron chi connectivity index (χ3n) is 3.48. The Kier molecular flexibility index (Phi) is 5.41. The van der Waals surface area contributed by atoms with Gasteiger partial charge >= 0.3 is 6.03 Å². The fourth-order valence-electron chi connectivity index (χ4n) is 2.15. The highest BCUT2D eigenvalue weighted by Gasteiger charge is 2.06. The summed E-state index contributed by atoms with van der Waals surface area (Å²) in [5, 5.41) is 24.3. The number of urea groups is 1. The molecule has 0 aromatic heterocycles. The fraction of sp³-hybridized carbons (Fsp3) is 0.235. The van der Waals surface area contributed by atoms with Gasteiger partial charge in [-0.2, -0.15) is 0 Å². The van der Waals surface area contributed by atoms with E-state index in [9.17, 15) is 19.4 Å². The van der Waals surface area contributed by atoms with Gasteiger partial charge in [0.15, 0.2) is 11.5 Å². The van der Waals surface area contributed by atoms with Crippen LogP contribution < -0.4 is 10.6 Å². The first-order valence-electron chi connectivity index (χ1n) is 7.23. The molecule has 0 aliphatic heterocycles. The van der Waals surface area contributed by atoms with Crippen LogP contribution in [0.4, 0.5) is 9.18 Å². The number of amides is 2. The number of benzene rings is 2. The summed E-state index contributed by atoms with van der Waals surface area (Å²) in [4.78, 5) is 11.7. The summed E-state index contributed by atoms with van der Waals surface area (Å²) in [5.74, 6) is -0.645. The third kappa shape index (κ3) is 4.88. The third-order valence-corrected chi connectivity index (χ3v) is 3.48. The Morgan fingerprint density at radius 1 is 1.09 bits per heavy atom. The molecule has 6 heteroatoms. The Morgan fingerprint density at radius 2 is 1.74 bits per heavy atom. The van der Waals surface area contributed by atoms with Gasteiger partial charge in [-0.3, -0.25) is 0 Å². The van der Waals surface area contributed by atoms with Crippen LogP contribution in [-0.4, -0.2) is 22.8 Å². The predicted octanol–water partition coefficient (Wildman–Crippen LogP) is 2.59. The summed E-state index contributed by atoms with van der Waals surface area (Å²) in [7, 11) is 0. The van der Waals surface area contributed by atoms with Crippen molar-refractivity contribution in [3.63, 3.8) is 0 Å². The molecule has 0 atom stereocenters. The van der Waals surface area contributed by atoms with Crippen LogP contribution in [0.3, 0.4) is 0 Å². The van der Waals surface area contributed by atoms with Gasteiger partial charge in [0.05, 0.1) is 0 Å².